The predicted molar refractivity (Wildman–Crippen MR) is 79.2 cm³/mol. The van der Waals surface area contributed by atoms with Gasteiger partial charge in [0.05, 0.1) is 24.9 Å². The van der Waals surface area contributed by atoms with Gasteiger partial charge in [-0.1, -0.05) is 16.8 Å². The second-order valence-electron chi connectivity index (χ2n) is 4.43. The minimum absolute atomic E-state index is 0.100. The number of rotatable bonds is 7. The summed E-state index contributed by atoms with van der Waals surface area (Å²) in [5.41, 5.74) is 0.709. The van der Waals surface area contributed by atoms with Crippen LogP contribution in [0.25, 0.3) is 0 Å². The summed E-state index contributed by atoms with van der Waals surface area (Å²) >= 11 is 5.97. The minimum atomic E-state index is -1.03. The molecule has 10 heteroatoms. The number of nitrogens with zero attached hydrogens (tertiary/aromatic N) is 4. The van der Waals surface area contributed by atoms with Gasteiger partial charge < -0.3 is 15.2 Å². The lowest BCUT2D eigenvalue weighted by molar-refractivity contribution is -0.137. The van der Waals surface area contributed by atoms with Crippen molar-refractivity contribution in [1.82, 2.24) is 25.3 Å². The van der Waals surface area contributed by atoms with Crippen LogP contribution in [-0.2, 0) is 17.9 Å². The number of aliphatic carboxylic acids is 1. The quantitative estimate of drug-likeness (QED) is 0.763. The number of halogens is 1. The molecule has 2 rings (SSSR count). The lowest BCUT2D eigenvalue weighted by Gasteiger charge is -2.06. The van der Waals surface area contributed by atoms with E-state index in [0.717, 1.165) is 0 Å². The highest BCUT2D eigenvalue weighted by atomic mass is 35.5. The Balaban J connectivity index is 1.95. The van der Waals surface area contributed by atoms with E-state index in [1.165, 1.54) is 23.1 Å². The van der Waals surface area contributed by atoms with Crippen molar-refractivity contribution >= 4 is 23.5 Å². The predicted octanol–water partition coefficient (Wildman–Crippen LogP) is 0.740. The van der Waals surface area contributed by atoms with Gasteiger partial charge in [-0.2, -0.15) is 0 Å². The van der Waals surface area contributed by atoms with Crippen molar-refractivity contribution in [3.63, 3.8) is 0 Å². The topological polar surface area (TPSA) is 119 Å². The molecule has 23 heavy (non-hydrogen) atoms. The maximum absolute atomic E-state index is 12.0. The monoisotopic (exact) mass is 339 g/mol. The number of carboxylic acids is 1. The van der Waals surface area contributed by atoms with Gasteiger partial charge in [0.15, 0.2) is 0 Å². The fourth-order valence-corrected chi connectivity index (χ4v) is 1.92. The van der Waals surface area contributed by atoms with Gasteiger partial charge in [-0.15, -0.1) is 5.10 Å². The molecule has 0 saturated heterocycles. The molecule has 122 valence electrons. The van der Waals surface area contributed by atoms with E-state index in [-0.39, 0.29) is 29.6 Å². The van der Waals surface area contributed by atoms with Gasteiger partial charge in [0.25, 0.3) is 5.91 Å². The Morgan fingerprint density at radius 2 is 2.26 bits per heavy atom. The Morgan fingerprint density at radius 1 is 1.48 bits per heavy atom. The fourth-order valence-electron chi connectivity index (χ4n) is 1.70. The van der Waals surface area contributed by atoms with Gasteiger partial charge in [-0.05, 0) is 13.0 Å². The number of aromatic nitrogens is 4. The fraction of sp³-hybridized carbons (Fsp3) is 0.308. The number of carbonyl (C=O) groups is 2. The summed E-state index contributed by atoms with van der Waals surface area (Å²) < 4.78 is 6.36. The van der Waals surface area contributed by atoms with Gasteiger partial charge in [0.1, 0.15) is 17.3 Å². The van der Waals surface area contributed by atoms with Crippen molar-refractivity contribution in [3.05, 3.63) is 34.7 Å². The van der Waals surface area contributed by atoms with E-state index in [2.05, 4.69) is 20.6 Å². The molecule has 1 amide bonds. The minimum Gasteiger partial charge on any atom is -0.480 e. The van der Waals surface area contributed by atoms with Crippen LogP contribution in [0.15, 0.2) is 18.5 Å². The van der Waals surface area contributed by atoms with Crippen LogP contribution in [0, 0.1) is 0 Å². The lowest BCUT2D eigenvalue weighted by Crippen LogP contribution is -2.23. The van der Waals surface area contributed by atoms with Crippen molar-refractivity contribution < 1.29 is 19.4 Å². The number of hydrogen-bond donors (Lipinski definition) is 2. The van der Waals surface area contributed by atoms with Crippen LogP contribution >= 0.6 is 11.6 Å². The molecule has 2 aromatic heterocycles. The van der Waals surface area contributed by atoms with Crippen molar-refractivity contribution in [2.45, 2.75) is 20.0 Å². The number of hydrogen-bond acceptors (Lipinski definition) is 6. The molecule has 0 aliphatic carbocycles. The molecule has 0 saturated carbocycles. The molecule has 2 N–H and O–H groups in total. The van der Waals surface area contributed by atoms with E-state index >= 15 is 0 Å². The van der Waals surface area contributed by atoms with Crippen molar-refractivity contribution in [2.24, 2.45) is 0 Å². The van der Waals surface area contributed by atoms with Gasteiger partial charge >= 0.3 is 5.97 Å². The first-order chi connectivity index (χ1) is 11.0. The van der Waals surface area contributed by atoms with Crippen LogP contribution < -0.4 is 10.1 Å². The van der Waals surface area contributed by atoms with Gasteiger partial charge in [0.2, 0.25) is 5.88 Å². The zero-order valence-electron chi connectivity index (χ0n) is 12.2. The molecule has 0 aromatic carbocycles. The Labute approximate surface area is 136 Å². The van der Waals surface area contributed by atoms with E-state index in [9.17, 15) is 9.59 Å². The van der Waals surface area contributed by atoms with Crippen LogP contribution in [0.2, 0.25) is 5.02 Å². The third-order valence-corrected chi connectivity index (χ3v) is 2.93. The van der Waals surface area contributed by atoms with Crippen molar-refractivity contribution in [2.75, 3.05) is 6.61 Å². The molecule has 0 spiro atoms. The lowest BCUT2D eigenvalue weighted by atomic mass is 10.2. The van der Waals surface area contributed by atoms with E-state index in [4.69, 9.17) is 21.4 Å². The van der Waals surface area contributed by atoms with E-state index < -0.39 is 11.9 Å². The molecule has 0 bridgehead atoms. The largest absolute Gasteiger partial charge is 0.480 e. The molecule has 0 radical (unpaired) electrons. The first-order valence-corrected chi connectivity index (χ1v) is 7.04. The first-order valence-electron chi connectivity index (χ1n) is 6.67. The summed E-state index contributed by atoms with van der Waals surface area (Å²) in [5.74, 6) is -1.15. The number of ether oxygens (including phenoxy) is 1. The zero-order valence-corrected chi connectivity index (χ0v) is 12.9. The number of carboxylic acid groups (broad SMARTS) is 1. The summed E-state index contributed by atoms with van der Waals surface area (Å²) in [7, 11) is 0. The average molecular weight is 340 g/mol. The maximum atomic E-state index is 12.0. The molecule has 0 aliphatic heterocycles. The van der Waals surface area contributed by atoms with Gasteiger partial charge in [0, 0.05) is 6.20 Å². The smallest absolute Gasteiger partial charge is 0.325 e. The maximum Gasteiger partial charge on any atom is 0.325 e. The highest BCUT2D eigenvalue weighted by molar-refractivity contribution is 6.32. The summed E-state index contributed by atoms with van der Waals surface area (Å²) in [6.45, 7) is 2.03. The molecule has 0 aliphatic rings. The third-order valence-electron chi connectivity index (χ3n) is 2.66. The molecule has 0 atom stereocenters. The van der Waals surface area contributed by atoms with Gasteiger partial charge in [-0.25, -0.2) is 9.67 Å². The molecular weight excluding hydrogens is 326 g/mol. The molecule has 2 aromatic rings. The number of carbonyl (C=O) groups excluding carboxylic acids is 1. The van der Waals surface area contributed by atoms with Crippen LogP contribution in [0.5, 0.6) is 5.88 Å². The SMILES string of the molecule is CCOc1ncc(C(=O)NCc2cn(CC(=O)O)nn2)cc1Cl. The zero-order chi connectivity index (χ0) is 16.8. The first kappa shape index (κ1) is 16.7. The third kappa shape index (κ3) is 4.65. The van der Waals surface area contributed by atoms with E-state index in [0.29, 0.717) is 12.3 Å². The van der Waals surface area contributed by atoms with Crippen LogP contribution in [-0.4, -0.2) is 43.6 Å². The Bertz CT molecular complexity index is 718. The van der Waals surface area contributed by atoms with Crippen molar-refractivity contribution in [1.29, 1.82) is 0 Å². The molecular formula is C13H14ClN5O4. The Kier molecular flexibility index (Phi) is 5.47. The molecule has 0 unspecified atom stereocenters. The van der Waals surface area contributed by atoms with Gasteiger partial charge in [-0.3, -0.25) is 9.59 Å². The Hall–Kier alpha value is -2.68. The second-order valence-corrected chi connectivity index (χ2v) is 4.84. The summed E-state index contributed by atoms with van der Waals surface area (Å²) in [5, 5.41) is 18.9. The standard InChI is InChI=1S/C13H14ClN5O4/c1-2-23-13-10(14)3-8(4-16-13)12(22)15-5-9-6-19(18-17-9)7-11(20)21/h3-4,6H,2,5,7H2,1H3,(H,15,22)(H,20,21). The summed E-state index contributed by atoms with van der Waals surface area (Å²) in [6, 6.07) is 1.45. The summed E-state index contributed by atoms with van der Waals surface area (Å²) in [4.78, 5) is 26.5. The number of amides is 1. The Morgan fingerprint density at radius 3 is 2.91 bits per heavy atom. The van der Waals surface area contributed by atoms with Crippen LogP contribution in [0.3, 0.4) is 0 Å². The van der Waals surface area contributed by atoms with Crippen LogP contribution in [0.4, 0.5) is 0 Å². The van der Waals surface area contributed by atoms with Crippen LogP contribution in [0.1, 0.15) is 23.0 Å². The summed E-state index contributed by atoms with van der Waals surface area (Å²) in [6.07, 6.45) is 2.80. The van der Waals surface area contributed by atoms with Crippen molar-refractivity contribution in [3.8, 4) is 5.88 Å². The molecule has 9 nitrogen and oxygen atoms in total. The molecule has 0 fully saturated rings. The highest BCUT2D eigenvalue weighted by Crippen LogP contribution is 2.22. The highest BCUT2D eigenvalue weighted by Gasteiger charge is 2.11. The van der Waals surface area contributed by atoms with E-state index in [1.807, 2.05) is 0 Å². The number of pyridine rings is 1. The molecule has 2 heterocycles. The second kappa shape index (κ2) is 7.54. The number of nitrogens with one attached hydrogen (secondary N) is 1. The average Bonchev–Trinajstić information content (AvgIpc) is 2.93. The normalized spacial score (nSPS) is 10.3. The van der Waals surface area contributed by atoms with E-state index in [1.54, 1.807) is 6.92 Å².